The molecule has 0 saturated carbocycles. The molecule has 4 heteroatoms. The molecule has 0 aromatic heterocycles. The highest BCUT2D eigenvalue weighted by atomic mass is 79.9. The molecule has 1 fully saturated rings. The van der Waals surface area contributed by atoms with Gasteiger partial charge >= 0.3 is 0 Å². The molecule has 1 aliphatic heterocycles. The molecule has 0 N–H and O–H groups in total. The third kappa shape index (κ3) is 2.69. The van der Waals surface area contributed by atoms with E-state index in [2.05, 4.69) is 15.9 Å². The third-order valence-corrected chi connectivity index (χ3v) is 2.11. The molecule has 1 heterocycles. The van der Waals surface area contributed by atoms with E-state index >= 15 is 0 Å². The van der Waals surface area contributed by atoms with Gasteiger partial charge in [0.05, 0.1) is 5.48 Å². The highest BCUT2D eigenvalue weighted by molar-refractivity contribution is 9.10. The number of hydrogen-bond acceptors (Lipinski definition) is 2. The number of likely N-dealkylation sites (N-methyl/N-ethyl adjacent to an activating group) is 1. The minimum atomic E-state index is -3.49. The zero-order valence-electron chi connectivity index (χ0n) is 18.4. The fraction of sp³-hybridized carbons (Fsp3) is 0.455. The van der Waals surface area contributed by atoms with Crippen molar-refractivity contribution in [3.05, 3.63) is 28.5 Å². The SMILES string of the molecule is [2H]C([2H])([2H])N1C([2H])([2H])C([2H])([2H])N(c2cc(F)cc(Br)c2)C([2H])([2H])C1([2H])[2H]. The summed E-state index contributed by atoms with van der Waals surface area (Å²) in [4.78, 5) is -0.339. The first kappa shape index (κ1) is 3.70. The van der Waals surface area contributed by atoms with Gasteiger partial charge in [-0.05, 0) is 25.2 Å². The van der Waals surface area contributed by atoms with E-state index in [4.69, 9.17) is 15.1 Å². The number of benzene rings is 1. The summed E-state index contributed by atoms with van der Waals surface area (Å²) in [7, 11) is 0. The smallest absolute Gasteiger partial charge is 0.126 e. The Labute approximate surface area is 113 Å². The first-order valence-corrected chi connectivity index (χ1v) is 4.74. The molecule has 2 nitrogen and oxygen atoms in total. The van der Waals surface area contributed by atoms with Crippen molar-refractivity contribution in [3.63, 3.8) is 0 Å². The van der Waals surface area contributed by atoms with Crippen LogP contribution >= 0.6 is 15.9 Å². The molecule has 1 aromatic carbocycles. The first-order valence-electron chi connectivity index (χ1n) is 9.45. The van der Waals surface area contributed by atoms with Crippen LogP contribution in [0.25, 0.3) is 0 Å². The van der Waals surface area contributed by atoms with Crippen LogP contribution in [-0.2, 0) is 0 Å². The number of hydrogen-bond donors (Lipinski definition) is 0. The molecule has 0 radical (unpaired) electrons. The van der Waals surface area contributed by atoms with Crippen molar-refractivity contribution in [2.24, 2.45) is 0 Å². The number of piperazine rings is 1. The molecule has 1 saturated heterocycles. The standard InChI is InChI=1S/C11H14BrFN2/c1-14-2-4-15(5-3-14)11-7-9(12)6-10(13)8-11/h6-8H,2-5H2,1H3/i1D3,2D2,3D2,4D2,5D2. The van der Waals surface area contributed by atoms with Crippen molar-refractivity contribution < 1.29 is 19.5 Å². The summed E-state index contributed by atoms with van der Waals surface area (Å²) in [6.45, 7) is -17.2. The highest BCUT2D eigenvalue weighted by Gasteiger charge is 2.14. The van der Waals surface area contributed by atoms with Gasteiger partial charge in [-0.1, -0.05) is 15.9 Å². The molecule has 82 valence electrons. The second-order valence-corrected chi connectivity index (χ2v) is 3.66. The molecule has 0 atom stereocenters. The largest absolute Gasteiger partial charge is 0.369 e. The Morgan fingerprint density at radius 1 is 1.33 bits per heavy atom. The van der Waals surface area contributed by atoms with E-state index in [1.807, 2.05) is 0 Å². The van der Waals surface area contributed by atoms with E-state index in [9.17, 15) is 4.39 Å². The highest BCUT2D eigenvalue weighted by Crippen LogP contribution is 2.22. The van der Waals surface area contributed by atoms with Gasteiger partial charge in [0, 0.05) is 45.7 Å². The van der Waals surface area contributed by atoms with Crippen molar-refractivity contribution in [1.82, 2.24) is 4.90 Å². The van der Waals surface area contributed by atoms with Gasteiger partial charge in [-0.3, -0.25) is 0 Å². The number of halogens is 2. The molecule has 15 heavy (non-hydrogen) atoms. The summed E-state index contributed by atoms with van der Waals surface area (Å²) < 4.78 is 100. The molecule has 1 aromatic rings. The molecule has 1 aliphatic rings. The maximum atomic E-state index is 13.7. The molecular weight excluding hydrogens is 259 g/mol. The van der Waals surface area contributed by atoms with Crippen LogP contribution < -0.4 is 4.90 Å². The van der Waals surface area contributed by atoms with Gasteiger partial charge in [0.2, 0.25) is 0 Å². The lowest BCUT2D eigenvalue weighted by atomic mass is 10.2. The quantitative estimate of drug-likeness (QED) is 0.781. The Balaban J connectivity index is 2.83. The van der Waals surface area contributed by atoms with Crippen LogP contribution in [0.1, 0.15) is 15.1 Å². The maximum absolute atomic E-state index is 13.7. The van der Waals surface area contributed by atoms with E-state index in [0.29, 0.717) is 6.07 Å². The van der Waals surface area contributed by atoms with Crippen molar-refractivity contribution >= 4 is 21.6 Å². The number of nitrogens with zero attached hydrogens (tertiary/aromatic N) is 2. The second kappa shape index (κ2) is 4.49. The third-order valence-electron chi connectivity index (χ3n) is 1.65. The average Bonchev–Trinajstić information content (AvgIpc) is 2.31. The second-order valence-electron chi connectivity index (χ2n) is 2.75. The Bertz CT molecular complexity index is 672. The number of rotatable bonds is 1. The Morgan fingerprint density at radius 2 is 2.07 bits per heavy atom. The van der Waals surface area contributed by atoms with Crippen molar-refractivity contribution in [2.75, 3.05) is 37.9 Å². The fourth-order valence-corrected chi connectivity index (χ4v) is 1.51. The average molecular weight is 284 g/mol. The molecule has 0 unspecified atom stereocenters. The van der Waals surface area contributed by atoms with Crippen molar-refractivity contribution in [1.29, 1.82) is 0 Å². The van der Waals surface area contributed by atoms with E-state index in [1.54, 1.807) is 0 Å². The minimum Gasteiger partial charge on any atom is -0.369 e. The van der Waals surface area contributed by atoms with Crippen LogP contribution in [0.5, 0.6) is 0 Å². The van der Waals surface area contributed by atoms with E-state index in [1.165, 1.54) is 0 Å². The van der Waals surface area contributed by atoms with Crippen LogP contribution in [0.2, 0.25) is 0 Å². The van der Waals surface area contributed by atoms with Crippen molar-refractivity contribution in [3.8, 4) is 0 Å². The molecular formula is C11H14BrFN2. The summed E-state index contributed by atoms with van der Waals surface area (Å²) in [5.41, 5.74) is -0.496. The molecule has 2 rings (SSSR count). The molecule has 0 spiro atoms. The van der Waals surface area contributed by atoms with Crippen molar-refractivity contribution in [2.45, 2.75) is 0 Å². The van der Waals surface area contributed by atoms with Crippen LogP contribution in [0.4, 0.5) is 10.1 Å². The molecule has 0 aliphatic carbocycles. The summed E-state index contributed by atoms with van der Waals surface area (Å²) in [6.07, 6.45) is 0. The van der Waals surface area contributed by atoms with Gasteiger partial charge in [0.25, 0.3) is 0 Å². The van der Waals surface area contributed by atoms with Crippen LogP contribution in [-0.4, -0.2) is 37.9 Å². The maximum Gasteiger partial charge on any atom is 0.126 e. The van der Waals surface area contributed by atoms with Crippen LogP contribution in [0.3, 0.4) is 0 Å². The van der Waals surface area contributed by atoms with Gasteiger partial charge in [-0.25, -0.2) is 4.39 Å². The Kier molecular flexibility index (Phi) is 1.11. The Morgan fingerprint density at radius 3 is 2.67 bits per heavy atom. The zero-order chi connectivity index (χ0) is 20.5. The predicted molar refractivity (Wildman–Crippen MR) is 63.8 cm³/mol. The monoisotopic (exact) mass is 283 g/mol. The lowest BCUT2D eigenvalue weighted by Gasteiger charge is -2.34. The molecule has 0 bridgehead atoms. The lowest BCUT2D eigenvalue weighted by molar-refractivity contribution is 0.312. The minimum absolute atomic E-state index is 0.0819. The summed E-state index contributed by atoms with van der Waals surface area (Å²) >= 11 is 2.96. The van der Waals surface area contributed by atoms with Gasteiger partial charge in [-0.2, -0.15) is 0 Å². The zero-order valence-corrected chi connectivity index (χ0v) is 8.97. The molecule has 0 amide bonds. The van der Waals surface area contributed by atoms with Crippen LogP contribution in [0.15, 0.2) is 22.7 Å². The summed E-state index contributed by atoms with van der Waals surface area (Å²) in [6, 6.07) is 2.78. The van der Waals surface area contributed by atoms with E-state index < -0.39 is 49.4 Å². The predicted octanol–water partition coefficient (Wildman–Crippen LogP) is 2.34. The fourth-order valence-electron chi connectivity index (χ4n) is 1.05. The van der Waals surface area contributed by atoms with Gasteiger partial charge in [-0.15, -0.1) is 0 Å². The van der Waals surface area contributed by atoms with E-state index in [0.717, 1.165) is 12.1 Å². The van der Waals surface area contributed by atoms with E-state index in [-0.39, 0.29) is 9.37 Å². The van der Waals surface area contributed by atoms with Gasteiger partial charge in [0.15, 0.2) is 0 Å². The Hall–Kier alpha value is -0.610. The lowest BCUT2D eigenvalue weighted by Crippen LogP contribution is -2.44. The van der Waals surface area contributed by atoms with Crippen LogP contribution in [0, 0.1) is 5.82 Å². The number of anilines is 1. The normalized spacial score (nSPS) is 43.3. The topological polar surface area (TPSA) is 6.48 Å². The summed E-state index contributed by atoms with van der Waals surface area (Å²) in [5.74, 6) is -0.902. The summed E-state index contributed by atoms with van der Waals surface area (Å²) in [5, 5.41) is 0. The van der Waals surface area contributed by atoms with Gasteiger partial charge < -0.3 is 9.80 Å². The first-order chi connectivity index (χ1) is 11.4. The van der Waals surface area contributed by atoms with Gasteiger partial charge in [0.1, 0.15) is 5.82 Å².